The molecule has 0 spiro atoms. The summed E-state index contributed by atoms with van der Waals surface area (Å²) in [5.41, 5.74) is -0.0728. The minimum absolute atomic E-state index is 0.0641. The van der Waals surface area contributed by atoms with Gasteiger partial charge in [-0.2, -0.15) is 0 Å². The smallest absolute Gasteiger partial charge is 0.310 e. The summed E-state index contributed by atoms with van der Waals surface area (Å²) >= 11 is 0. The average Bonchev–Trinajstić information content (AvgIpc) is 2.92. The summed E-state index contributed by atoms with van der Waals surface area (Å²) in [6.07, 6.45) is 6.85. The van der Waals surface area contributed by atoms with Crippen LogP contribution in [0.5, 0.6) is 0 Å². The van der Waals surface area contributed by atoms with Crippen LogP contribution < -0.4 is 0 Å². The number of esters is 1. The quantitative estimate of drug-likeness (QED) is 0.535. The third-order valence-electron chi connectivity index (χ3n) is 6.38. The molecule has 1 N–H and O–H groups in total. The van der Waals surface area contributed by atoms with E-state index in [1.165, 1.54) is 0 Å². The van der Waals surface area contributed by atoms with Gasteiger partial charge in [0.05, 0.1) is 11.8 Å². The Kier molecular flexibility index (Phi) is 5.74. The second-order valence-corrected chi connectivity index (χ2v) is 7.96. The summed E-state index contributed by atoms with van der Waals surface area (Å²) in [7, 11) is 0. The van der Waals surface area contributed by atoms with Crippen LogP contribution in [0.25, 0.3) is 0 Å². The van der Waals surface area contributed by atoms with Crippen molar-refractivity contribution in [2.75, 3.05) is 0 Å². The maximum atomic E-state index is 12.8. The SMILES string of the molecule is CCCCCC(CC)OC(=O)C1C(C(=O)O)C2CCC1C2(C)C. The van der Waals surface area contributed by atoms with Crippen LogP contribution >= 0.6 is 0 Å². The molecule has 0 aliphatic heterocycles. The number of carbonyl (C=O) groups excluding carboxylic acids is 1. The number of aliphatic carboxylic acids is 1. The lowest BCUT2D eigenvalue weighted by Crippen LogP contribution is -2.37. The van der Waals surface area contributed by atoms with Gasteiger partial charge in [-0.05, 0) is 49.4 Å². The van der Waals surface area contributed by atoms with E-state index in [-0.39, 0.29) is 29.3 Å². The first-order valence-corrected chi connectivity index (χ1v) is 9.27. The van der Waals surface area contributed by atoms with E-state index in [1.54, 1.807) is 0 Å². The number of fused-ring (bicyclic) bond motifs is 2. The van der Waals surface area contributed by atoms with Crippen LogP contribution in [0.15, 0.2) is 0 Å². The molecule has 0 saturated heterocycles. The standard InChI is InChI=1S/C19H32O4/c1-5-7-8-9-12(6-2)23-18(22)16-14-11-10-13(19(14,3)4)15(16)17(20)21/h12-16H,5-11H2,1-4H3,(H,20,21). The Morgan fingerprint density at radius 3 is 2.26 bits per heavy atom. The zero-order valence-electron chi connectivity index (χ0n) is 15.0. The molecule has 5 unspecified atom stereocenters. The number of hydrogen-bond donors (Lipinski definition) is 1. The average molecular weight is 324 g/mol. The highest BCUT2D eigenvalue weighted by Crippen LogP contribution is 2.63. The number of carbonyl (C=O) groups is 2. The molecule has 2 saturated carbocycles. The van der Waals surface area contributed by atoms with E-state index in [4.69, 9.17) is 4.74 Å². The minimum atomic E-state index is -0.828. The number of rotatable bonds is 8. The van der Waals surface area contributed by atoms with Gasteiger partial charge in [0.2, 0.25) is 0 Å². The Hall–Kier alpha value is -1.06. The van der Waals surface area contributed by atoms with Crippen molar-refractivity contribution in [3.63, 3.8) is 0 Å². The maximum absolute atomic E-state index is 12.8. The van der Waals surface area contributed by atoms with Crippen molar-refractivity contribution in [1.29, 1.82) is 0 Å². The van der Waals surface area contributed by atoms with Gasteiger partial charge in [-0.15, -0.1) is 0 Å². The first-order chi connectivity index (χ1) is 10.8. The van der Waals surface area contributed by atoms with Crippen LogP contribution in [0.2, 0.25) is 0 Å². The fourth-order valence-electron chi connectivity index (χ4n) is 5.01. The molecule has 5 atom stereocenters. The highest BCUT2D eigenvalue weighted by molar-refractivity contribution is 5.83. The molecule has 2 rings (SSSR count). The molecule has 0 aromatic carbocycles. The van der Waals surface area contributed by atoms with Crippen LogP contribution in [0.1, 0.15) is 72.6 Å². The third kappa shape index (κ3) is 3.41. The van der Waals surface area contributed by atoms with Crippen LogP contribution in [0, 0.1) is 29.1 Å². The van der Waals surface area contributed by atoms with Gasteiger partial charge in [0.15, 0.2) is 0 Å². The number of hydrogen-bond acceptors (Lipinski definition) is 3. The van der Waals surface area contributed by atoms with Crippen LogP contribution in [0.3, 0.4) is 0 Å². The largest absolute Gasteiger partial charge is 0.481 e. The molecular weight excluding hydrogens is 292 g/mol. The highest BCUT2D eigenvalue weighted by atomic mass is 16.5. The van der Waals surface area contributed by atoms with Gasteiger partial charge in [0, 0.05) is 0 Å². The van der Waals surface area contributed by atoms with Crippen molar-refractivity contribution in [1.82, 2.24) is 0 Å². The van der Waals surface area contributed by atoms with Crippen molar-refractivity contribution in [2.24, 2.45) is 29.1 Å². The van der Waals surface area contributed by atoms with Crippen molar-refractivity contribution in [3.05, 3.63) is 0 Å². The third-order valence-corrected chi connectivity index (χ3v) is 6.38. The lowest BCUT2D eigenvalue weighted by atomic mass is 9.79. The summed E-state index contributed by atoms with van der Waals surface area (Å²) in [6, 6.07) is 0. The van der Waals surface area contributed by atoms with E-state index in [1.807, 2.05) is 6.92 Å². The maximum Gasteiger partial charge on any atom is 0.310 e. The first kappa shape index (κ1) is 18.3. The van der Waals surface area contributed by atoms with E-state index in [2.05, 4.69) is 20.8 Å². The number of ether oxygens (including phenoxy) is 1. The lowest BCUT2D eigenvalue weighted by molar-refractivity contribution is -0.164. The molecule has 2 aliphatic carbocycles. The summed E-state index contributed by atoms with van der Waals surface area (Å²) < 4.78 is 5.75. The Labute approximate surface area is 140 Å². The van der Waals surface area contributed by atoms with E-state index in [0.717, 1.165) is 44.9 Å². The van der Waals surface area contributed by atoms with Gasteiger partial charge in [0.25, 0.3) is 0 Å². The zero-order valence-corrected chi connectivity index (χ0v) is 15.0. The Morgan fingerprint density at radius 2 is 1.74 bits per heavy atom. The predicted octanol–water partition coefficient (Wildman–Crippen LogP) is 4.27. The molecule has 2 bridgehead atoms. The Morgan fingerprint density at radius 1 is 1.13 bits per heavy atom. The van der Waals surface area contributed by atoms with E-state index >= 15 is 0 Å². The molecule has 4 nitrogen and oxygen atoms in total. The van der Waals surface area contributed by atoms with Crippen molar-refractivity contribution < 1.29 is 19.4 Å². The fraction of sp³-hybridized carbons (Fsp3) is 0.895. The molecule has 0 heterocycles. The van der Waals surface area contributed by atoms with E-state index in [9.17, 15) is 14.7 Å². The molecule has 0 aromatic heterocycles. The molecule has 132 valence electrons. The summed E-state index contributed by atoms with van der Waals surface area (Å²) in [6.45, 7) is 8.43. The van der Waals surface area contributed by atoms with Crippen molar-refractivity contribution in [2.45, 2.75) is 78.7 Å². The van der Waals surface area contributed by atoms with Crippen LogP contribution in [0.4, 0.5) is 0 Å². The Bertz CT molecular complexity index is 443. The van der Waals surface area contributed by atoms with E-state index < -0.39 is 17.8 Å². The van der Waals surface area contributed by atoms with Crippen LogP contribution in [-0.2, 0) is 14.3 Å². The number of carboxylic acids is 1. The minimum Gasteiger partial charge on any atom is -0.481 e. The summed E-state index contributed by atoms with van der Waals surface area (Å²) in [5.74, 6) is -1.87. The van der Waals surface area contributed by atoms with Gasteiger partial charge in [-0.1, -0.05) is 40.5 Å². The van der Waals surface area contributed by atoms with E-state index in [0.29, 0.717) is 0 Å². The van der Waals surface area contributed by atoms with Gasteiger partial charge in [0.1, 0.15) is 6.10 Å². The van der Waals surface area contributed by atoms with Gasteiger partial charge >= 0.3 is 11.9 Å². The highest BCUT2D eigenvalue weighted by Gasteiger charge is 2.64. The van der Waals surface area contributed by atoms with Crippen LogP contribution in [-0.4, -0.2) is 23.1 Å². The van der Waals surface area contributed by atoms with Crippen molar-refractivity contribution >= 4 is 11.9 Å². The zero-order chi connectivity index (χ0) is 17.2. The van der Waals surface area contributed by atoms with Gasteiger partial charge in [-0.25, -0.2) is 0 Å². The number of carboxylic acid groups (broad SMARTS) is 1. The molecule has 2 aliphatic rings. The second-order valence-electron chi connectivity index (χ2n) is 7.96. The van der Waals surface area contributed by atoms with Gasteiger partial charge < -0.3 is 9.84 Å². The topological polar surface area (TPSA) is 63.6 Å². The molecule has 0 amide bonds. The summed E-state index contributed by atoms with van der Waals surface area (Å²) in [5, 5.41) is 9.64. The monoisotopic (exact) mass is 324 g/mol. The normalized spacial score (nSPS) is 32.7. The van der Waals surface area contributed by atoms with Crippen molar-refractivity contribution in [3.8, 4) is 0 Å². The molecule has 2 fully saturated rings. The lowest BCUT2D eigenvalue weighted by Gasteiger charge is -2.28. The molecule has 23 heavy (non-hydrogen) atoms. The predicted molar refractivity (Wildman–Crippen MR) is 88.9 cm³/mol. The number of unbranched alkanes of at least 4 members (excludes halogenated alkanes) is 2. The van der Waals surface area contributed by atoms with Gasteiger partial charge in [-0.3, -0.25) is 9.59 Å². The fourth-order valence-corrected chi connectivity index (χ4v) is 5.01. The molecule has 4 heteroatoms. The molecular formula is C19H32O4. The Balaban J connectivity index is 2.06. The molecule has 0 aromatic rings. The second kappa shape index (κ2) is 7.23. The first-order valence-electron chi connectivity index (χ1n) is 9.27. The summed E-state index contributed by atoms with van der Waals surface area (Å²) in [4.78, 5) is 24.5. The molecule has 0 radical (unpaired) electrons.